The first kappa shape index (κ1) is 13.2. The number of ether oxygens (including phenoxy) is 1. The highest BCUT2D eigenvalue weighted by Crippen LogP contribution is 2.56. The molecular weight excluding hydrogens is 234 g/mol. The van der Waals surface area contributed by atoms with Crippen LogP contribution in [0.1, 0.15) is 40.0 Å². The van der Waals surface area contributed by atoms with E-state index in [2.05, 4.69) is 5.32 Å². The molecule has 5 heteroatoms. The molecule has 0 saturated heterocycles. The highest BCUT2D eigenvalue weighted by atomic mass is 16.6. The first-order valence-electron chi connectivity index (χ1n) is 6.49. The Morgan fingerprint density at radius 3 is 2.56 bits per heavy atom. The lowest BCUT2D eigenvalue weighted by atomic mass is 9.99. The highest BCUT2D eigenvalue weighted by molar-refractivity contribution is 5.69. The van der Waals surface area contributed by atoms with Crippen molar-refractivity contribution in [2.45, 2.75) is 51.7 Å². The summed E-state index contributed by atoms with van der Waals surface area (Å²) in [6, 6.07) is 0.123. The molecular formula is C13H21NO4. The quantitative estimate of drug-likeness (QED) is 0.809. The lowest BCUT2D eigenvalue weighted by Gasteiger charge is -2.20. The van der Waals surface area contributed by atoms with E-state index in [4.69, 9.17) is 9.84 Å². The van der Waals surface area contributed by atoms with Gasteiger partial charge in [-0.15, -0.1) is 0 Å². The number of hydrogen-bond donors (Lipinski definition) is 2. The SMILES string of the molecule is CC(C)(C)OC(=O)N[C@@H]1[C@H]2CCC(CC(=O)O)[C@H]21. The van der Waals surface area contributed by atoms with Crippen LogP contribution in [-0.4, -0.2) is 28.8 Å². The fourth-order valence-electron chi connectivity index (χ4n) is 3.12. The largest absolute Gasteiger partial charge is 0.481 e. The van der Waals surface area contributed by atoms with Crippen LogP contribution in [0, 0.1) is 17.8 Å². The monoisotopic (exact) mass is 255 g/mol. The van der Waals surface area contributed by atoms with Crippen molar-refractivity contribution in [3.63, 3.8) is 0 Å². The van der Waals surface area contributed by atoms with Crippen molar-refractivity contribution in [1.29, 1.82) is 0 Å². The minimum atomic E-state index is -0.747. The molecule has 18 heavy (non-hydrogen) atoms. The highest BCUT2D eigenvalue weighted by Gasteiger charge is 2.58. The lowest BCUT2D eigenvalue weighted by molar-refractivity contribution is -0.138. The summed E-state index contributed by atoms with van der Waals surface area (Å²) in [6.07, 6.45) is 1.81. The molecule has 0 bridgehead atoms. The van der Waals surface area contributed by atoms with Gasteiger partial charge >= 0.3 is 12.1 Å². The Balaban J connectivity index is 1.81. The van der Waals surface area contributed by atoms with Gasteiger partial charge in [0.15, 0.2) is 0 Å². The molecule has 0 heterocycles. The molecule has 2 aliphatic rings. The molecule has 1 amide bonds. The topological polar surface area (TPSA) is 75.6 Å². The molecule has 5 nitrogen and oxygen atoms in total. The van der Waals surface area contributed by atoms with Gasteiger partial charge in [0.05, 0.1) is 0 Å². The summed E-state index contributed by atoms with van der Waals surface area (Å²) < 4.78 is 5.20. The summed E-state index contributed by atoms with van der Waals surface area (Å²) in [6.45, 7) is 5.48. The smallest absolute Gasteiger partial charge is 0.407 e. The molecule has 0 radical (unpaired) electrons. The molecule has 1 unspecified atom stereocenters. The fourth-order valence-corrected chi connectivity index (χ4v) is 3.12. The second-order valence-corrected chi connectivity index (χ2v) is 6.35. The van der Waals surface area contributed by atoms with E-state index in [9.17, 15) is 9.59 Å². The van der Waals surface area contributed by atoms with E-state index in [1.165, 1.54) is 0 Å². The van der Waals surface area contributed by atoms with E-state index in [0.29, 0.717) is 11.8 Å². The number of nitrogens with one attached hydrogen (secondary N) is 1. The van der Waals surface area contributed by atoms with Crippen molar-refractivity contribution in [1.82, 2.24) is 5.32 Å². The Morgan fingerprint density at radius 2 is 2.00 bits per heavy atom. The molecule has 0 aromatic heterocycles. The summed E-state index contributed by atoms with van der Waals surface area (Å²) in [7, 11) is 0. The Morgan fingerprint density at radius 1 is 1.33 bits per heavy atom. The molecule has 2 saturated carbocycles. The van der Waals surface area contributed by atoms with Gasteiger partial charge in [0.25, 0.3) is 0 Å². The van der Waals surface area contributed by atoms with E-state index < -0.39 is 17.7 Å². The van der Waals surface area contributed by atoms with Gasteiger partial charge in [-0.25, -0.2) is 4.79 Å². The predicted octanol–water partition coefficient (Wildman–Crippen LogP) is 2.01. The number of carboxylic acid groups (broad SMARTS) is 1. The maximum Gasteiger partial charge on any atom is 0.407 e. The number of aliphatic carboxylic acids is 1. The zero-order valence-electron chi connectivity index (χ0n) is 11.1. The summed E-state index contributed by atoms with van der Waals surface area (Å²) >= 11 is 0. The van der Waals surface area contributed by atoms with Gasteiger partial charge in [0.1, 0.15) is 5.60 Å². The average molecular weight is 255 g/mol. The molecule has 0 spiro atoms. The zero-order chi connectivity index (χ0) is 13.5. The van der Waals surface area contributed by atoms with Gasteiger partial charge in [-0.2, -0.15) is 0 Å². The molecule has 0 aliphatic heterocycles. The van der Waals surface area contributed by atoms with Crippen molar-refractivity contribution in [2.75, 3.05) is 0 Å². The maximum absolute atomic E-state index is 11.6. The van der Waals surface area contributed by atoms with Crippen LogP contribution in [0.15, 0.2) is 0 Å². The Kier molecular flexibility index (Phi) is 3.25. The summed E-state index contributed by atoms with van der Waals surface area (Å²) in [4.78, 5) is 22.3. The zero-order valence-corrected chi connectivity index (χ0v) is 11.1. The lowest BCUT2D eigenvalue weighted by Crippen LogP contribution is -2.35. The number of amides is 1. The number of carbonyl (C=O) groups excluding carboxylic acids is 1. The number of rotatable bonds is 3. The number of carboxylic acids is 1. The first-order valence-corrected chi connectivity index (χ1v) is 6.49. The van der Waals surface area contributed by atoms with Crippen LogP contribution in [-0.2, 0) is 9.53 Å². The minimum Gasteiger partial charge on any atom is -0.481 e. The molecule has 4 atom stereocenters. The maximum atomic E-state index is 11.6. The van der Waals surface area contributed by atoms with Crippen molar-refractivity contribution in [3.05, 3.63) is 0 Å². The molecule has 102 valence electrons. The number of carbonyl (C=O) groups is 2. The fraction of sp³-hybridized carbons (Fsp3) is 0.846. The van der Waals surface area contributed by atoms with Gasteiger partial charge in [-0.1, -0.05) is 0 Å². The predicted molar refractivity (Wildman–Crippen MR) is 65.1 cm³/mol. The number of alkyl carbamates (subject to hydrolysis) is 1. The van der Waals surface area contributed by atoms with Crippen LogP contribution >= 0.6 is 0 Å². The van der Waals surface area contributed by atoms with Crippen LogP contribution in [0.2, 0.25) is 0 Å². The van der Waals surface area contributed by atoms with E-state index in [-0.39, 0.29) is 18.4 Å². The molecule has 0 aromatic carbocycles. The van der Waals surface area contributed by atoms with Crippen molar-refractivity contribution in [2.24, 2.45) is 17.8 Å². The first-order chi connectivity index (χ1) is 8.28. The number of fused-ring (bicyclic) bond motifs is 1. The van der Waals surface area contributed by atoms with Crippen LogP contribution in [0.25, 0.3) is 0 Å². The Hall–Kier alpha value is -1.26. The van der Waals surface area contributed by atoms with Gasteiger partial charge in [0.2, 0.25) is 0 Å². The molecule has 0 aromatic rings. The summed E-state index contributed by atoms with van der Waals surface area (Å²) in [5.74, 6) is 0.270. The van der Waals surface area contributed by atoms with Crippen molar-refractivity contribution < 1.29 is 19.4 Å². The third-order valence-corrected chi connectivity index (χ3v) is 3.76. The normalized spacial score (nSPS) is 33.7. The summed E-state index contributed by atoms with van der Waals surface area (Å²) in [5.41, 5.74) is -0.492. The van der Waals surface area contributed by atoms with Crippen LogP contribution in [0.5, 0.6) is 0 Å². The van der Waals surface area contributed by atoms with Crippen LogP contribution < -0.4 is 5.32 Å². The van der Waals surface area contributed by atoms with Crippen LogP contribution in [0.4, 0.5) is 4.79 Å². The Bertz CT molecular complexity index is 360. The molecule has 2 fully saturated rings. The van der Waals surface area contributed by atoms with Gasteiger partial charge in [-0.05, 0) is 51.4 Å². The molecule has 2 aliphatic carbocycles. The third kappa shape index (κ3) is 2.94. The Labute approximate surface area is 107 Å². The average Bonchev–Trinajstić information content (AvgIpc) is 2.63. The standard InChI is InChI=1S/C13H21NO4/c1-13(2,3)18-12(17)14-11-8-5-4-7(10(8)11)6-9(15)16/h7-8,10-11H,4-6H2,1-3H3,(H,14,17)(H,15,16)/t7?,8-,10+,11+/m0/s1. The van der Waals surface area contributed by atoms with Gasteiger partial charge in [0, 0.05) is 12.5 Å². The van der Waals surface area contributed by atoms with E-state index in [1.807, 2.05) is 20.8 Å². The summed E-state index contributed by atoms with van der Waals surface area (Å²) in [5, 5.41) is 11.7. The van der Waals surface area contributed by atoms with E-state index in [1.54, 1.807) is 0 Å². The van der Waals surface area contributed by atoms with Crippen molar-refractivity contribution >= 4 is 12.1 Å². The van der Waals surface area contributed by atoms with Crippen LogP contribution in [0.3, 0.4) is 0 Å². The molecule has 2 rings (SSSR count). The minimum absolute atomic E-state index is 0.123. The third-order valence-electron chi connectivity index (χ3n) is 3.76. The van der Waals surface area contributed by atoms with E-state index in [0.717, 1.165) is 12.8 Å². The second kappa shape index (κ2) is 4.44. The van der Waals surface area contributed by atoms with E-state index >= 15 is 0 Å². The number of hydrogen-bond acceptors (Lipinski definition) is 3. The van der Waals surface area contributed by atoms with Crippen molar-refractivity contribution in [3.8, 4) is 0 Å². The molecule has 2 N–H and O–H groups in total. The van der Waals surface area contributed by atoms with Gasteiger partial charge < -0.3 is 15.2 Å². The van der Waals surface area contributed by atoms with Gasteiger partial charge in [-0.3, -0.25) is 4.79 Å². The second-order valence-electron chi connectivity index (χ2n) is 6.35.